The summed E-state index contributed by atoms with van der Waals surface area (Å²) in [7, 11) is 1.62. The van der Waals surface area contributed by atoms with E-state index in [2.05, 4.69) is 15.9 Å². The quantitative estimate of drug-likeness (QED) is 0.765. The fourth-order valence-corrected chi connectivity index (χ4v) is 2.48. The van der Waals surface area contributed by atoms with Crippen LogP contribution in [0.25, 0.3) is 0 Å². The standard InChI is InChI=1S/C16H13BrF2N2/c1-21(10-12-4-2-3-11(5-12)9-20)16-14(18)6-13(8-17)7-15(16)19/h2-7H,8,10H2,1H3. The van der Waals surface area contributed by atoms with Crippen LogP contribution in [0.2, 0.25) is 0 Å². The fraction of sp³-hybridized carbons (Fsp3) is 0.188. The van der Waals surface area contributed by atoms with Gasteiger partial charge in [0.2, 0.25) is 0 Å². The summed E-state index contributed by atoms with van der Waals surface area (Å²) in [5, 5.41) is 9.27. The Kier molecular flexibility index (Phi) is 4.92. The molecule has 0 aliphatic heterocycles. The van der Waals surface area contributed by atoms with E-state index in [1.807, 2.05) is 12.1 Å². The minimum absolute atomic E-state index is 0.0675. The first kappa shape index (κ1) is 15.5. The van der Waals surface area contributed by atoms with Crippen LogP contribution >= 0.6 is 15.9 Å². The van der Waals surface area contributed by atoms with E-state index in [-0.39, 0.29) is 5.69 Å². The second-order valence-electron chi connectivity index (χ2n) is 4.71. The summed E-state index contributed by atoms with van der Waals surface area (Å²) >= 11 is 3.18. The summed E-state index contributed by atoms with van der Waals surface area (Å²) in [6.45, 7) is 0.316. The molecule has 0 saturated carbocycles. The topological polar surface area (TPSA) is 27.0 Å². The van der Waals surface area contributed by atoms with Crippen molar-refractivity contribution in [1.29, 1.82) is 5.26 Å². The molecule has 2 aromatic rings. The first-order valence-electron chi connectivity index (χ1n) is 6.29. The van der Waals surface area contributed by atoms with E-state index in [1.54, 1.807) is 25.2 Å². The molecular formula is C16H13BrF2N2. The number of nitriles is 1. The van der Waals surface area contributed by atoms with Gasteiger partial charge in [0.25, 0.3) is 0 Å². The molecule has 108 valence electrons. The van der Waals surface area contributed by atoms with Crippen LogP contribution in [0.15, 0.2) is 36.4 Å². The molecule has 2 rings (SSSR count). The van der Waals surface area contributed by atoms with Crippen LogP contribution in [0.3, 0.4) is 0 Å². The van der Waals surface area contributed by atoms with Crippen molar-refractivity contribution in [2.75, 3.05) is 11.9 Å². The number of rotatable bonds is 4. The van der Waals surface area contributed by atoms with Gasteiger partial charge in [0, 0.05) is 18.9 Å². The Balaban J connectivity index is 2.28. The summed E-state index contributed by atoms with van der Waals surface area (Å²) < 4.78 is 28.1. The molecule has 0 atom stereocenters. The normalized spacial score (nSPS) is 10.2. The van der Waals surface area contributed by atoms with Gasteiger partial charge in [-0.2, -0.15) is 5.26 Å². The first-order valence-corrected chi connectivity index (χ1v) is 7.41. The van der Waals surface area contributed by atoms with Crippen LogP contribution in [-0.2, 0) is 11.9 Å². The highest BCUT2D eigenvalue weighted by molar-refractivity contribution is 9.08. The highest BCUT2D eigenvalue weighted by Crippen LogP contribution is 2.26. The highest BCUT2D eigenvalue weighted by atomic mass is 79.9. The molecule has 0 radical (unpaired) electrons. The van der Waals surface area contributed by atoms with Crippen LogP contribution in [0.1, 0.15) is 16.7 Å². The highest BCUT2D eigenvalue weighted by Gasteiger charge is 2.15. The van der Waals surface area contributed by atoms with Gasteiger partial charge in [-0.25, -0.2) is 8.78 Å². The molecule has 21 heavy (non-hydrogen) atoms. The zero-order chi connectivity index (χ0) is 15.4. The molecule has 0 heterocycles. The van der Waals surface area contributed by atoms with Crippen molar-refractivity contribution in [1.82, 2.24) is 0 Å². The summed E-state index contributed by atoms with van der Waals surface area (Å²) in [4.78, 5) is 1.50. The lowest BCUT2D eigenvalue weighted by atomic mass is 10.1. The Bertz CT molecular complexity index is 672. The number of nitrogens with zero attached hydrogens (tertiary/aromatic N) is 2. The molecule has 5 heteroatoms. The molecule has 2 nitrogen and oxygen atoms in total. The van der Waals surface area contributed by atoms with Gasteiger partial charge in [-0.3, -0.25) is 0 Å². The number of benzene rings is 2. The van der Waals surface area contributed by atoms with Gasteiger partial charge in [0.05, 0.1) is 11.6 Å². The SMILES string of the molecule is CN(Cc1cccc(C#N)c1)c1c(F)cc(CBr)cc1F. The van der Waals surface area contributed by atoms with E-state index in [0.29, 0.717) is 23.0 Å². The number of anilines is 1. The zero-order valence-corrected chi connectivity index (χ0v) is 13.0. The molecule has 0 aromatic heterocycles. The summed E-state index contributed by atoms with van der Waals surface area (Å²) in [6.07, 6.45) is 0. The average Bonchev–Trinajstić information content (AvgIpc) is 2.46. The number of hydrogen-bond acceptors (Lipinski definition) is 2. The van der Waals surface area contributed by atoms with Crippen LogP contribution in [-0.4, -0.2) is 7.05 Å². The number of alkyl halides is 1. The first-order chi connectivity index (χ1) is 10.0. The van der Waals surface area contributed by atoms with Crippen molar-refractivity contribution < 1.29 is 8.78 Å². The summed E-state index contributed by atoms with van der Waals surface area (Å²) in [6, 6.07) is 11.6. The van der Waals surface area contributed by atoms with E-state index in [0.717, 1.165) is 5.56 Å². The van der Waals surface area contributed by atoms with Gasteiger partial charge in [-0.05, 0) is 35.4 Å². The molecule has 0 amide bonds. The maximum Gasteiger partial charge on any atom is 0.149 e. The molecule has 0 unspecified atom stereocenters. The van der Waals surface area contributed by atoms with Crippen LogP contribution < -0.4 is 4.90 Å². The molecule has 0 aliphatic rings. The minimum Gasteiger partial charge on any atom is -0.366 e. The minimum atomic E-state index is -0.594. The van der Waals surface area contributed by atoms with Crippen molar-refractivity contribution >= 4 is 21.6 Å². The molecule has 0 aliphatic carbocycles. The van der Waals surface area contributed by atoms with E-state index >= 15 is 0 Å². The third kappa shape index (κ3) is 3.59. The Hall–Kier alpha value is -1.93. The van der Waals surface area contributed by atoms with Gasteiger partial charge in [-0.1, -0.05) is 28.1 Å². The molecule has 0 N–H and O–H groups in total. The summed E-state index contributed by atoms with van der Waals surface area (Å²) in [5.41, 5.74) is 1.83. The Morgan fingerprint density at radius 1 is 1.14 bits per heavy atom. The lowest BCUT2D eigenvalue weighted by molar-refractivity contribution is 0.574. The zero-order valence-electron chi connectivity index (χ0n) is 11.4. The van der Waals surface area contributed by atoms with Crippen molar-refractivity contribution in [2.24, 2.45) is 0 Å². The fourth-order valence-electron chi connectivity index (χ4n) is 2.15. The number of hydrogen-bond donors (Lipinski definition) is 0. The van der Waals surface area contributed by atoms with Gasteiger partial charge < -0.3 is 4.90 Å². The molecule has 0 spiro atoms. The molecule has 2 aromatic carbocycles. The van der Waals surface area contributed by atoms with Crippen LogP contribution in [0.4, 0.5) is 14.5 Å². The third-order valence-corrected chi connectivity index (χ3v) is 3.74. The lowest BCUT2D eigenvalue weighted by Crippen LogP contribution is -2.19. The largest absolute Gasteiger partial charge is 0.366 e. The second kappa shape index (κ2) is 6.68. The van der Waals surface area contributed by atoms with Crippen molar-refractivity contribution in [2.45, 2.75) is 11.9 Å². The third-order valence-electron chi connectivity index (χ3n) is 3.09. The lowest BCUT2D eigenvalue weighted by Gasteiger charge is -2.21. The predicted octanol–water partition coefficient (Wildman–Crippen LogP) is 4.37. The van der Waals surface area contributed by atoms with Gasteiger partial charge in [-0.15, -0.1) is 0 Å². The van der Waals surface area contributed by atoms with E-state index in [9.17, 15) is 8.78 Å². The Labute approximate surface area is 130 Å². The van der Waals surface area contributed by atoms with Crippen molar-refractivity contribution in [3.63, 3.8) is 0 Å². The van der Waals surface area contributed by atoms with Crippen molar-refractivity contribution in [3.8, 4) is 6.07 Å². The predicted molar refractivity (Wildman–Crippen MR) is 82.3 cm³/mol. The molecule has 0 saturated heterocycles. The molecule has 0 fully saturated rings. The van der Waals surface area contributed by atoms with Gasteiger partial charge in [0.15, 0.2) is 0 Å². The Morgan fingerprint density at radius 3 is 2.38 bits per heavy atom. The van der Waals surface area contributed by atoms with Crippen LogP contribution in [0, 0.1) is 23.0 Å². The average molecular weight is 351 g/mol. The molecular weight excluding hydrogens is 338 g/mol. The molecule has 0 bridgehead atoms. The summed E-state index contributed by atoms with van der Waals surface area (Å²) in [5.74, 6) is -1.19. The van der Waals surface area contributed by atoms with Gasteiger partial charge in [0.1, 0.15) is 17.3 Å². The van der Waals surface area contributed by atoms with Crippen molar-refractivity contribution in [3.05, 3.63) is 64.7 Å². The maximum atomic E-state index is 14.0. The maximum absolute atomic E-state index is 14.0. The van der Waals surface area contributed by atoms with E-state index in [4.69, 9.17) is 5.26 Å². The second-order valence-corrected chi connectivity index (χ2v) is 5.27. The smallest absolute Gasteiger partial charge is 0.149 e. The van der Waals surface area contributed by atoms with Gasteiger partial charge >= 0.3 is 0 Å². The monoisotopic (exact) mass is 350 g/mol. The Morgan fingerprint density at radius 2 is 1.81 bits per heavy atom. The van der Waals surface area contributed by atoms with E-state index in [1.165, 1.54) is 17.0 Å². The van der Waals surface area contributed by atoms with Crippen LogP contribution in [0.5, 0.6) is 0 Å². The van der Waals surface area contributed by atoms with E-state index < -0.39 is 11.6 Å². The number of halogens is 3.